The van der Waals surface area contributed by atoms with Gasteiger partial charge in [-0.15, -0.1) is 0 Å². The van der Waals surface area contributed by atoms with Crippen molar-refractivity contribution < 1.29 is 22.7 Å². The summed E-state index contributed by atoms with van der Waals surface area (Å²) in [7, 11) is 0. The first-order valence-electron chi connectivity index (χ1n) is 8.67. The lowest BCUT2D eigenvalue weighted by Crippen LogP contribution is -2.04. The molecule has 4 nitrogen and oxygen atoms in total. The third-order valence-corrected chi connectivity index (χ3v) is 4.68. The summed E-state index contributed by atoms with van der Waals surface area (Å²) >= 11 is 0. The number of imidazole rings is 1. The van der Waals surface area contributed by atoms with Gasteiger partial charge in [-0.1, -0.05) is 12.1 Å². The van der Waals surface area contributed by atoms with Gasteiger partial charge in [-0.2, -0.15) is 13.2 Å². The molecule has 1 N–H and O–H groups in total. The minimum atomic E-state index is -4.47. The molecule has 0 saturated carbocycles. The molecule has 29 heavy (non-hydrogen) atoms. The molecule has 0 unspecified atom stereocenters. The number of rotatable bonds is 2. The monoisotopic (exact) mass is 401 g/mol. The second-order valence-electron chi connectivity index (χ2n) is 6.74. The molecule has 0 saturated heterocycles. The Balaban J connectivity index is 1.94. The molecule has 0 aliphatic rings. The van der Waals surface area contributed by atoms with Crippen LogP contribution in [0.25, 0.3) is 28.2 Å². The maximum Gasteiger partial charge on any atom is 0.416 e. The predicted molar refractivity (Wildman–Crippen MR) is 100.0 cm³/mol. The molecule has 0 fully saturated rings. The van der Waals surface area contributed by atoms with Crippen molar-refractivity contribution in [2.75, 3.05) is 0 Å². The normalized spacial score (nSPS) is 11.9. The Morgan fingerprint density at radius 2 is 1.83 bits per heavy atom. The van der Waals surface area contributed by atoms with Gasteiger partial charge < -0.3 is 5.11 Å². The first-order chi connectivity index (χ1) is 13.6. The first kappa shape index (κ1) is 18.9. The predicted octanol–water partition coefficient (Wildman–Crippen LogP) is 5.54. The van der Waals surface area contributed by atoms with Crippen LogP contribution in [-0.4, -0.2) is 19.5 Å². The highest BCUT2D eigenvalue weighted by molar-refractivity contribution is 5.72. The molecule has 2 heterocycles. The molecule has 2 aromatic heterocycles. The van der Waals surface area contributed by atoms with E-state index >= 15 is 0 Å². The van der Waals surface area contributed by atoms with Crippen molar-refractivity contribution in [3.8, 4) is 28.3 Å². The third-order valence-electron chi connectivity index (χ3n) is 4.68. The summed E-state index contributed by atoms with van der Waals surface area (Å²) in [4.78, 5) is 8.60. The van der Waals surface area contributed by atoms with Crippen LogP contribution in [0, 0.1) is 19.7 Å². The number of hydrogen-bond acceptors (Lipinski definition) is 3. The number of phenolic OH excluding ortho intramolecular Hbond substituents is 1. The van der Waals surface area contributed by atoms with Gasteiger partial charge in [0.1, 0.15) is 11.6 Å². The summed E-state index contributed by atoms with van der Waals surface area (Å²) in [5, 5.41) is 9.62. The molecule has 0 spiro atoms. The van der Waals surface area contributed by atoms with Crippen molar-refractivity contribution in [1.82, 2.24) is 14.4 Å². The SMILES string of the molecule is Cc1cc(O)cc(F)c1-c1c(C)nc2cnc(-c3cccc(C(F)(F)F)c3)cn12. The average molecular weight is 401 g/mol. The zero-order valence-electron chi connectivity index (χ0n) is 15.4. The highest BCUT2D eigenvalue weighted by Crippen LogP contribution is 2.34. The highest BCUT2D eigenvalue weighted by atomic mass is 19.4. The van der Waals surface area contributed by atoms with E-state index in [-0.39, 0.29) is 16.9 Å². The summed E-state index contributed by atoms with van der Waals surface area (Å²) in [5.41, 5.74) is 1.96. The Labute approximate surface area is 163 Å². The lowest BCUT2D eigenvalue weighted by atomic mass is 10.0. The molecule has 2 aromatic carbocycles. The third kappa shape index (κ3) is 3.30. The Morgan fingerprint density at radius 3 is 2.52 bits per heavy atom. The molecular weight excluding hydrogens is 386 g/mol. The van der Waals surface area contributed by atoms with E-state index in [4.69, 9.17) is 0 Å². The number of aromatic hydroxyl groups is 1. The van der Waals surface area contributed by atoms with Gasteiger partial charge in [0.2, 0.25) is 0 Å². The van der Waals surface area contributed by atoms with Crippen molar-refractivity contribution in [3.05, 3.63) is 71.4 Å². The average Bonchev–Trinajstić information content (AvgIpc) is 2.96. The van der Waals surface area contributed by atoms with Gasteiger partial charge in [0.05, 0.1) is 28.8 Å². The fraction of sp³-hybridized carbons (Fsp3) is 0.143. The number of phenols is 1. The van der Waals surface area contributed by atoms with Crippen LogP contribution in [0.5, 0.6) is 5.75 Å². The number of fused-ring (bicyclic) bond motifs is 1. The van der Waals surface area contributed by atoms with Gasteiger partial charge in [0.25, 0.3) is 0 Å². The van der Waals surface area contributed by atoms with Gasteiger partial charge in [-0.3, -0.25) is 9.38 Å². The molecule has 0 atom stereocenters. The van der Waals surface area contributed by atoms with Gasteiger partial charge in [0.15, 0.2) is 5.65 Å². The molecule has 0 bridgehead atoms. The fourth-order valence-electron chi connectivity index (χ4n) is 3.40. The number of alkyl halides is 3. The van der Waals surface area contributed by atoms with E-state index in [1.165, 1.54) is 30.6 Å². The largest absolute Gasteiger partial charge is 0.508 e. The lowest BCUT2D eigenvalue weighted by molar-refractivity contribution is -0.137. The Bertz CT molecular complexity index is 1220. The Hall–Kier alpha value is -3.42. The molecule has 8 heteroatoms. The minimum Gasteiger partial charge on any atom is -0.508 e. The molecule has 0 aliphatic heterocycles. The number of halogens is 4. The zero-order valence-corrected chi connectivity index (χ0v) is 15.4. The van der Waals surface area contributed by atoms with Crippen molar-refractivity contribution in [2.24, 2.45) is 0 Å². The van der Waals surface area contributed by atoms with E-state index in [2.05, 4.69) is 9.97 Å². The van der Waals surface area contributed by atoms with Crippen LogP contribution in [0.2, 0.25) is 0 Å². The molecule has 0 radical (unpaired) electrons. The quantitative estimate of drug-likeness (QED) is 0.449. The second kappa shape index (κ2) is 6.58. The van der Waals surface area contributed by atoms with Gasteiger partial charge in [-0.25, -0.2) is 9.37 Å². The summed E-state index contributed by atoms with van der Waals surface area (Å²) in [6.45, 7) is 3.36. The molecule has 4 aromatic rings. The number of aryl methyl sites for hydroxylation is 2. The summed E-state index contributed by atoms with van der Waals surface area (Å²) in [5.74, 6) is -0.814. The van der Waals surface area contributed by atoms with E-state index in [1.54, 1.807) is 18.2 Å². The van der Waals surface area contributed by atoms with Crippen molar-refractivity contribution in [2.45, 2.75) is 20.0 Å². The number of benzene rings is 2. The van der Waals surface area contributed by atoms with Gasteiger partial charge in [0, 0.05) is 23.4 Å². The molecule has 0 aliphatic carbocycles. The van der Waals surface area contributed by atoms with E-state index < -0.39 is 17.6 Å². The maximum atomic E-state index is 14.6. The lowest BCUT2D eigenvalue weighted by Gasteiger charge is -2.11. The summed E-state index contributed by atoms with van der Waals surface area (Å²) in [6.07, 6.45) is -1.51. The Kier molecular flexibility index (Phi) is 4.29. The van der Waals surface area contributed by atoms with Crippen LogP contribution in [0.4, 0.5) is 17.6 Å². The molecule has 0 amide bonds. The van der Waals surface area contributed by atoms with E-state index in [0.29, 0.717) is 28.3 Å². The standard InChI is InChI=1S/C21H15F4N3O/c1-11-6-15(29)8-16(22)19(11)20-12(2)27-18-9-26-17(10-28(18)20)13-4-3-5-14(7-13)21(23,24)25/h3-10,29H,1-2H3. The van der Waals surface area contributed by atoms with Crippen molar-refractivity contribution in [3.63, 3.8) is 0 Å². The van der Waals surface area contributed by atoms with E-state index in [1.807, 2.05) is 0 Å². The number of aromatic nitrogens is 3. The Morgan fingerprint density at radius 1 is 1.07 bits per heavy atom. The second-order valence-corrected chi connectivity index (χ2v) is 6.74. The zero-order chi connectivity index (χ0) is 20.9. The number of nitrogens with zero attached hydrogens (tertiary/aromatic N) is 3. The summed E-state index contributed by atoms with van der Waals surface area (Å²) in [6, 6.07) is 7.30. The molecular formula is C21H15F4N3O. The van der Waals surface area contributed by atoms with Crippen LogP contribution in [0.15, 0.2) is 48.8 Å². The van der Waals surface area contributed by atoms with Crippen LogP contribution in [0.3, 0.4) is 0 Å². The minimum absolute atomic E-state index is 0.193. The van der Waals surface area contributed by atoms with E-state index in [0.717, 1.165) is 18.2 Å². The van der Waals surface area contributed by atoms with Crippen molar-refractivity contribution in [1.29, 1.82) is 0 Å². The van der Waals surface area contributed by atoms with Crippen LogP contribution in [-0.2, 0) is 6.18 Å². The van der Waals surface area contributed by atoms with Crippen LogP contribution in [0.1, 0.15) is 16.8 Å². The topological polar surface area (TPSA) is 50.4 Å². The maximum absolute atomic E-state index is 14.6. The van der Waals surface area contributed by atoms with Gasteiger partial charge in [-0.05, 0) is 37.6 Å². The highest BCUT2D eigenvalue weighted by Gasteiger charge is 2.30. The fourth-order valence-corrected chi connectivity index (χ4v) is 3.40. The smallest absolute Gasteiger partial charge is 0.416 e. The first-order valence-corrected chi connectivity index (χ1v) is 8.67. The van der Waals surface area contributed by atoms with E-state index in [9.17, 15) is 22.7 Å². The van der Waals surface area contributed by atoms with Crippen LogP contribution >= 0.6 is 0 Å². The van der Waals surface area contributed by atoms with Gasteiger partial charge >= 0.3 is 6.18 Å². The number of hydrogen-bond donors (Lipinski definition) is 1. The molecule has 148 valence electrons. The molecule has 4 rings (SSSR count). The van der Waals surface area contributed by atoms with Crippen molar-refractivity contribution >= 4 is 5.65 Å². The van der Waals surface area contributed by atoms with Crippen LogP contribution < -0.4 is 0 Å². The summed E-state index contributed by atoms with van der Waals surface area (Å²) < 4.78 is 55.4.